The molecule has 1 aliphatic heterocycles. The van der Waals surface area contributed by atoms with Crippen molar-refractivity contribution >= 4 is 0 Å². The molecule has 1 unspecified atom stereocenters. The lowest BCUT2D eigenvalue weighted by molar-refractivity contribution is 0.0816. The van der Waals surface area contributed by atoms with Gasteiger partial charge in [0.2, 0.25) is 0 Å². The number of piperidine rings is 1. The number of hydrogen-bond donors (Lipinski definition) is 3. The molecule has 1 aliphatic rings. The predicted octanol–water partition coefficient (Wildman–Crippen LogP) is -0.0436. The first kappa shape index (κ1) is 9.96. The summed E-state index contributed by atoms with van der Waals surface area (Å²) >= 11 is 0. The molecule has 1 saturated heterocycles. The predicted molar refractivity (Wildman–Crippen MR) is 50.1 cm³/mol. The van der Waals surface area contributed by atoms with Crippen LogP contribution < -0.4 is 10.6 Å². The van der Waals surface area contributed by atoms with E-state index in [1.54, 1.807) is 0 Å². The maximum atomic E-state index is 9.74. The fraction of sp³-hybridized carbons (Fsp3) is 1.00. The number of aliphatic hydroxyl groups is 1. The van der Waals surface area contributed by atoms with Crippen molar-refractivity contribution in [3.8, 4) is 0 Å². The SMILES string of the molecule is CNCCC(O)C1CCNCC1. The van der Waals surface area contributed by atoms with E-state index in [2.05, 4.69) is 10.6 Å². The highest BCUT2D eigenvalue weighted by molar-refractivity contribution is 4.75. The lowest BCUT2D eigenvalue weighted by Gasteiger charge is -2.27. The standard InChI is InChI=1S/C9H20N2O/c1-10-5-4-9(12)8-2-6-11-7-3-8/h8-12H,2-7H2,1H3. The molecule has 0 aliphatic carbocycles. The number of aliphatic hydroxyl groups excluding tert-OH is 1. The summed E-state index contributed by atoms with van der Waals surface area (Å²) in [5.74, 6) is 0.527. The number of rotatable bonds is 4. The molecule has 0 radical (unpaired) electrons. The van der Waals surface area contributed by atoms with Crippen LogP contribution in [-0.2, 0) is 0 Å². The third kappa shape index (κ3) is 3.09. The summed E-state index contributed by atoms with van der Waals surface area (Å²) in [6.45, 7) is 3.06. The Morgan fingerprint density at radius 2 is 2.17 bits per heavy atom. The molecule has 1 rings (SSSR count). The van der Waals surface area contributed by atoms with Crippen LogP contribution >= 0.6 is 0 Å². The van der Waals surface area contributed by atoms with Crippen molar-refractivity contribution in [3.05, 3.63) is 0 Å². The van der Waals surface area contributed by atoms with Gasteiger partial charge in [-0.2, -0.15) is 0 Å². The Morgan fingerprint density at radius 3 is 2.75 bits per heavy atom. The van der Waals surface area contributed by atoms with Crippen molar-refractivity contribution in [2.24, 2.45) is 5.92 Å². The maximum Gasteiger partial charge on any atom is 0.0581 e. The molecule has 3 heteroatoms. The summed E-state index contributed by atoms with van der Waals surface area (Å²) in [4.78, 5) is 0. The van der Waals surface area contributed by atoms with Crippen LogP contribution in [-0.4, -0.2) is 37.9 Å². The van der Waals surface area contributed by atoms with Gasteiger partial charge in [-0.3, -0.25) is 0 Å². The second kappa shape index (κ2) is 5.51. The summed E-state index contributed by atoms with van der Waals surface area (Å²) in [7, 11) is 1.93. The zero-order valence-electron chi connectivity index (χ0n) is 7.84. The van der Waals surface area contributed by atoms with Crippen molar-refractivity contribution in [1.82, 2.24) is 10.6 Å². The first-order chi connectivity index (χ1) is 5.84. The van der Waals surface area contributed by atoms with Crippen molar-refractivity contribution in [2.75, 3.05) is 26.7 Å². The van der Waals surface area contributed by atoms with Crippen LogP contribution in [0.4, 0.5) is 0 Å². The van der Waals surface area contributed by atoms with Crippen molar-refractivity contribution in [1.29, 1.82) is 0 Å². The zero-order chi connectivity index (χ0) is 8.81. The molecule has 0 aromatic heterocycles. The van der Waals surface area contributed by atoms with Gasteiger partial charge in [-0.25, -0.2) is 0 Å². The fourth-order valence-corrected chi connectivity index (χ4v) is 1.76. The zero-order valence-corrected chi connectivity index (χ0v) is 7.84. The summed E-state index contributed by atoms with van der Waals surface area (Å²) in [5, 5.41) is 16.1. The van der Waals surface area contributed by atoms with Gasteiger partial charge in [0, 0.05) is 0 Å². The van der Waals surface area contributed by atoms with E-state index in [1.807, 2.05) is 7.05 Å². The molecule has 3 nitrogen and oxygen atoms in total. The van der Waals surface area contributed by atoms with Crippen LogP contribution in [0.25, 0.3) is 0 Å². The largest absolute Gasteiger partial charge is 0.393 e. The Hall–Kier alpha value is -0.120. The van der Waals surface area contributed by atoms with Crippen molar-refractivity contribution < 1.29 is 5.11 Å². The second-order valence-corrected chi connectivity index (χ2v) is 3.55. The molecule has 0 amide bonds. The minimum absolute atomic E-state index is 0.0976. The Morgan fingerprint density at radius 1 is 1.50 bits per heavy atom. The first-order valence-corrected chi connectivity index (χ1v) is 4.88. The minimum Gasteiger partial charge on any atom is -0.393 e. The van der Waals surface area contributed by atoms with Crippen LogP contribution in [0.5, 0.6) is 0 Å². The van der Waals surface area contributed by atoms with Crippen molar-refractivity contribution in [2.45, 2.75) is 25.4 Å². The van der Waals surface area contributed by atoms with Crippen molar-refractivity contribution in [3.63, 3.8) is 0 Å². The van der Waals surface area contributed by atoms with Gasteiger partial charge in [-0.1, -0.05) is 0 Å². The van der Waals surface area contributed by atoms with Gasteiger partial charge >= 0.3 is 0 Å². The van der Waals surface area contributed by atoms with Gasteiger partial charge in [0.1, 0.15) is 0 Å². The Labute approximate surface area is 74.5 Å². The van der Waals surface area contributed by atoms with E-state index in [0.717, 1.165) is 38.9 Å². The topological polar surface area (TPSA) is 44.3 Å². The monoisotopic (exact) mass is 172 g/mol. The van der Waals surface area contributed by atoms with E-state index < -0.39 is 0 Å². The third-order valence-corrected chi connectivity index (χ3v) is 2.62. The maximum absolute atomic E-state index is 9.74. The quantitative estimate of drug-likeness (QED) is 0.557. The lowest BCUT2D eigenvalue weighted by atomic mass is 9.90. The van der Waals surface area contributed by atoms with Crippen LogP contribution in [0.2, 0.25) is 0 Å². The molecule has 72 valence electrons. The third-order valence-electron chi connectivity index (χ3n) is 2.62. The molecule has 3 N–H and O–H groups in total. The molecule has 0 aromatic rings. The Kier molecular flexibility index (Phi) is 4.58. The smallest absolute Gasteiger partial charge is 0.0581 e. The van der Waals surface area contributed by atoms with E-state index in [0.29, 0.717) is 5.92 Å². The molecule has 1 heterocycles. The Balaban J connectivity index is 2.15. The van der Waals surface area contributed by atoms with Gasteiger partial charge in [0.05, 0.1) is 6.10 Å². The normalized spacial score (nSPS) is 22.5. The lowest BCUT2D eigenvalue weighted by Crippen LogP contribution is -2.35. The highest BCUT2D eigenvalue weighted by Gasteiger charge is 2.20. The average Bonchev–Trinajstić information content (AvgIpc) is 2.15. The first-order valence-electron chi connectivity index (χ1n) is 4.88. The molecule has 0 saturated carbocycles. The molecule has 0 aromatic carbocycles. The summed E-state index contributed by atoms with van der Waals surface area (Å²) in [6, 6.07) is 0. The van der Waals surface area contributed by atoms with E-state index in [4.69, 9.17) is 0 Å². The molecule has 0 spiro atoms. The molecular weight excluding hydrogens is 152 g/mol. The highest BCUT2D eigenvalue weighted by atomic mass is 16.3. The Bertz CT molecular complexity index is 113. The van der Waals surface area contributed by atoms with Crippen LogP contribution in [0.3, 0.4) is 0 Å². The number of nitrogens with one attached hydrogen (secondary N) is 2. The molecule has 0 bridgehead atoms. The second-order valence-electron chi connectivity index (χ2n) is 3.55. The van der Waals surface area contributed by atoms with Crippen LogP contribution in [0.1, 0.15) is 19.3 Å². The average molecular weight is 172 g/mol. The summed E-state index contributed by atoms with van der Waals surface area (Å²) < 4.78 is 0. The van der Waals surface area contributed by atoms with E-state index in [1.165, 1.54) is 0 Å². The summed E-state index contributed by atoms with van der Waals surface area (Å²) in [5.41, 5.74) is 0. The number of hydrogen-bond acceptors (Lipinski definition) is 3. The highest BCUT2D eigenvalue weighted by Crippen LogP contribution is 2.17. The fourth-order valence-electron chi connectivity index (χ4n) is 1.76. The van der Waals surface area contributed by atoms with Gasteiger partial charge in [0.25, 0.3) is 0 Å². The van der Waals surface area contributed by atoms with Crippen LogP contribution in [0, 0.1) is 5.92 Å². The summed E-state index contributed by atoms with van der Waals surface area (Å²) in [6.07, 6.45) is 3.05. The molecular formula is C9H20N2O. The van der Waals surface area contributed by atoms with E-state index >= 15 is 0 Å². The van der Waals surface area contributed by atoms with E-state index in [9.17, 15) is 5.11 Å². The molecule has 1 atom stereocenters. The van der Waals surface area contributed by atoms with Crippen LogP contribution in [0.15, 0.2) is 0 Å². The molecule has 12 heavy (non-hydrogen) atoms. The van der Waals surface area contributed by atoms with E-state index in [-0.39, 0.29) is 6.10 Å². The van der Waals surface area contributed by atoms with Gasteiger partial charge in [-0.15, -0.1) is 0 Å². The van der Waals surface area contributed by atoms with Gasteiger partial charge in [0.15, 0.2) is 0 Å². The van der Waals surface area contributed by atoms with Gasteiger partial charge < -0.3 is 15.7 Å². The van der Waals surface area contributed by atoms with Gasteiger partial charge in [-0.05, 0) is 51.9 Å². The minimum atomic E-state index is -0.0976. The molecule has 1 fully saturated rings.